The summed E-state index contributed by atoms with van der Waals surface area (Å²) in [4.78, 5) is 20.9. The molecule has 0 aliphatic rings. The van der Waals surface area contributed by atoms with Crippen LogP contribution in [0.1, 0.15) is 69.7 Å². The Kier molecular flexibility index (Phi) is 6.55. The number of aromatic nitrogens is 2. The van der Waals surface area contributed by atoms with Crippen molar-refractivity contribution in [1.29, 1.82) is 0 Å². The van der Waals surface area contributed by atoms with Gasteiger partial charge in [0, 0.05) is 12.0 Å². The normalized spacial score (nSPS) is 13.9. The van der Waals surface area contributed by atoms with Crippen LogP contribution >= 0.6 is 0 Å². The van der Waals surface area contributed by atoms with Gasteiger partial charge in [0.15, 0.2) is 5.69 Å². The van der Waals surface area contributed by atoms with Gasteiger partial charge >= 0.3 is 0 Å². The number of nitrogens with zero attached hydrogens (tertiary/aromatic N) is 2. The number of amides is 1. The lowest BCUT2D eigenvalue weighted by Crippen LogP contribution is -2.35. The van der Waals surface area contributed by atoms with Crippen molar-refractivity contribution in [3.8, 4) is 0 Å². The molecule has 1 amide bonds. The Bertz CT molecular complexity index is 475. The standard InChI is InChI=1S/C15H27N5O/c1-6-10(4)7-11(5)18-15(21)13-12(20-16)8-17-14(19-13)9(2)3/h8-11,20H,6-7,16H2,1-5H3,(H,18,21). The molecule has 0 aliphatic carbocycles. The number of nitrogens with two attached hydrogens (primary N) is 1. The Labute approximate surface area is 126 Å². The van der Waals surface area contributed by atoms with Gasteiger partial charge in [-0.15, -0.1) is 0 Å². The van der Waals surface area contributed by atoms with Gasteiger partial charge in [0.25, 0.3) is 5.91 Å². The number of anilines is 1. The van der Waals surface area contributed by atoms with Gasteiger partial charge < -0.3 is 10.7 Å². The Morgan fingerprint density at radius 3 is 2.52 bits per heavy atom. The summed E-state index contributed by atoms with van der Waals surface area (Å²) in [6.07, 6.45) is 3.59. The molecule has 118 valence electrons. The van der Waals surface area contributed by atoms with Crippen molar-refractivity contribution >= 4 is 11.6 Å². The summed E-state index contributed by atoms with van der Waals surface area (Å²) >= 11 is 0. The molecule has 0 saturated carbocycles. The van der Waals surface area contributed by atoms with Crippen molar-refractivity contribution in [3.63, 3.8) is 0 Å². The van der Waals surface area contributed by atoms with Crippen LogP contribution in [0, 0.1) is 5.92 Å². The first-order chi connectivity index (χ1) is 9.88. The van der Waals surface area contributed by atoms with E-state index < -0.39 is 0 Å². The van der Waals surface area contributed by atoms with Crippen LogP contribution in [0.4, 0.5) is 5.69 Å². The number of hydrazine groups is 1. The summed E-state index contributed by atoms with van der Waals surface area (Å²) in [6.45, 7) is 10.3. The molecule has 0 fully saturated rings. The van der Waals surface area contributed by atoms with E-state index in [1.54, 1.807) is 6.20 Å². The molecular weight excluding hydrogens is 266 g/mol. The van der Waals surface area contributed by atoms with Crippen LogP contribution in [0.2, 0.25) is 0 Å². The lowest BCUT2D eigenvalue weighted by Gasteiger charge is -2.18. The largest absolute Gasteiger partial charge is 0.348 e. The molecule has 0 aliphatic heterocycles. The van der Waals surface area contributed by atoms with Crippen LogP contribution in [0.15, 0.2) is 6.20 Å². The quantitative estimate of drug-likeness (QED) is 0.530. The van der Waals surface area contributed by atoms with Gasteiger partial charge in [-0.25, -0.2) is 9.97 Å². The van der Waals surface area contributed by atoms with E-state index in [0.717, 1.165) is 12.8 Å². The van der Waals surface area contributed by atoms with Gasteiger partial charge in [0.1, 0.15) is 5.82 Å². The molecular formula is C15H27N5O. The second kappa shape index (κ2) is 7.93. The fourth-order valence-electron chi connectivity index (χ4n) is 2.07. The van der Waals surface area contributed by atoms with Crippen LogP contribution in [0.5, 0.6) is 0 Å². The van der Waals surface area contributed by atoms with E-state index in [1.165, 1.54) is 0 Å². The summed E-state index contributed by atoms with van der Waals surface area (Å²) < 4.78 is 0. The summed E-state index contributed by atoms with van der Waals surface area (Å²) in [7, 11) is 0. The van der Waals surface area contributed by atoms with Crippen molar-refractivity contribution in [1.82, 2.24) is 15.3 Å². The van der Waals surface area contributed by atoms with Gasteiger partial charge in [-0.1, -0.05) is 34.1 Å². The molecule has 1 heterocycles. The first-order valence-corrected chi connectivity index (χ1v) is 7.53. The van der Waals surface area contributed by atoms with E-state index in [2.05, 4.69) is 34.6 Å². The summed E-state index contributed by atoms with van der Waals surface area (Å²) in [6, 6.07) is 0.0931. The van der Waals surface area contributed by atoms with Crippen molar-refractivity contribution in [2.75, 3.05) is 5.43 Å². The number of rotatable bonds is 7. The molecule has 4 N–H and O–H groups in total. The molecule has 0 radical (unpaired) electrons. The highest BCUT2D eigenvalue weighted by Crippen LogP contribution is 2.16. The van der Waals surface area contributed by atoms with Gasteiger partial charge in [-0.3, -0.25) is 10.6 Å². The third kappa shape index (κ3) is 4.97. The number of nitrogen functional groups attached to an aromatic ring is 1. The summed E-state index contributed by atoms with van der Waals surface area (Å²) in [5.41, 5.74) is 3.22. The van der Waals surface area contributed by atoms with Crippen LogP contribution < -0.4 is 16.6 Å². The van der Waals surface area contributed by atoms with Gasteiger partial charge in [0.2, 0.25) is 0 Å². The number of hydrogen-bond acceptors (Lipinski definition) is 5. The van der Waals surface area contributed by atoms with Crippen LogP contribution in [0.25, 0.3) is 0 Å². The summed E-state index contributed by atoms with van der Waals surface area (Å²) in [5, 5.41) is 2.98. The zero-order valence-electron chi connectivity index (χ0n) is 13.6. The fourth-order valence-corrected chi connectivity index (χ4v) is 2.07. The van der Waals surface area contributed by atoms with E-state index in [-0.39, 0.29) is 17.9 Å². The average Bonchev–Trinajstić information content (AvgIpc) is 2.45. The highest BCUT2D eigenvalue weighted by molar-refractivity contribution is 5.97. The number of nitrogens with one attached hydrogen (secondary N) is 2. The molecule has 0 saturated heterocycles. The lowest BCUT2D eigenvalue weighted by molar-refractivity contribution is 0.0930. The summed E-state index contributed by atoms with van der Waals surface area (Å²) in [5.74, 6) is 6.58. The van der Waals surface area contributed by atoms with E-state index >= 15 is 0 Å². The fraction of sp³-hybridized carbons (Fsp3) is 0.667. The number of carbonyl (C=O) groups is 1. The zero-order chi connectivity index (χ0) is 16.0. The third-order valence-corrected chi connectivity index (χ3v) is 3.52. The highest BCUT2D eigenvalue weighted by Gasteiger charge is 2.18. The zero-order valence-corrected chi connectivity index (χ0v) is 13.6. The second-order valence-corrected chi connectivity index (χ2v) is 5.91. The molecule has 6 nitrogen and oxygen atoms in total. The smallest absolute Gasteiger partial charge is 0.272 e. The predicted molar refractivity (Wildman–Crippen MR) is 84.9 cm³/mol. The van der Waals surface area contributed by atoms with Crippen LogP contribution in [-0.4, -0.2) is 21.9 Å². The number of hydrogen-bond donors (Lipinski definition) is 3. The Morgan fingerprint density at radius 2 is 2.00 bits per heavy atom. The molecule has 1 aromatic rings. The van der Waals surface area contributed by atoms with Crippen molar-refractivity contribution in [2.24, 2.45) is 11.8 Å². The molecule has 21 heavy (non-hydrogen) atoms. The molecule has 0 spiro atoms. The minimum Gasteiger partial charge on any atom is -0.348 e. The lowest BCUT2D eigenvalue weighted by atomic mass is 10.0. The maximum absolute atomic E-state index is 12.4. The molecule has 0 bridgehead atoms. The Balaban J connectivity index is 2.87. The first kappa shape index (κ1) is 17.4. The topological polar surface area (TPSA) is 92.9 Å². The predicted octanol–water partition coefficient (Wildman–Crippen LogP) is 2.44. The van der Waals surface area contributed by atoms with Gasteiger partial charge in [-0.2, -0.15) is 0 Å². The molecule has 0 aromatic carbocycles. The van der Waals surface area contributed by atoms with Crippen LogP contribution in [0.3, 0.4) is 0 Å². The van der Waals surface area contributed by atoms with E-state index in [4.69, 9.17) is 5.84 Å². The van der Waals surface area contributed by atoms with E-state index in [9.17, 15) is 4.79 Å². The first-order valence-electron chi connectivity index (χ1n) is 7.53. The molecule has 6 heteroatoms. The SMILES string of the molecule is CCC(C)CC(C)NC(=O)c1nc(C(C)C)ncc1NN. The number of carbonyl (C=O) groups excluding carboxylic acids is 1. The molecule has 1 rings (SSSR count). The highest BCUT2D eigenvalue weighted by atomic mass is 16.2. The van der Waals surface area contributed by atoms with Crippen molar-refractivity contribution in [3.05, 3.63) is 17.7 Å². The molecule has 2 atom stereocenters. The minimum atomic E-state index is -0.219. The van der Waals surface area contributed by atoms with Crippen molar-refractivity contribution < 1.29 is 4.79 Å². The maximum Gasteiger partial charge on any atom is 0.272 e. The van der Waals surface area contributed by atoms with E-state index in [1.807, 2.05) is 20.8 Å². The maximum atomic E-state index is 12.4. The third-order valence-electron chi connectivity index (χ3n) is 3.52. The molecule has 2 unspecified atom stereocenters. The Hall–Kier alpha value is -1.69. The average molecular weight is 293 g/mol. The second-order valence-electron chi connectivity index (χ2n) is 5.91. The molecule has 1 aromatic heterocycles. The van der Waals surface area contributed by atoms with E-state index in [0.29, 0.717) is 23.1 Å². The van der Waals surface area contributed by atoms with Crippen LogP contribution in [-0.2, 0) is 0 Å². The Morgan fingerprint density at radius 1 is 1.33 bits per heavy atom. The monoisotopic (exact) mass is 293 g/mol. The van der Waals surface area contributed by atoms with Crippen molar-refractivity contribution in [2.45, 2.75) is 59.4 Å². The minimum absolute atomic E-state index is 0.0931. The van der Waals surface area contributed by atoms with Gasteiger partial charge in [0.05, 0.1) is 11.9 Å². The van der Waals surface area contributed by atoms with Gasteiger partial charge in [-0.05, 0) is 19.3 Å².